The fourth-order valence-electron chi connectivity index (χ4n) is 2.55. The number of ether oxygens (including phenoxy) is 1. The Morgan fingerprint density at radius 2 is 2.09 bits per heavy atom. The van der Waals surface area contributed by atoms with Crippen LogP contribution in [0.25, 0.3) is 11.4 Å². The van der Waals surface area contributed by atoms with Gasteiger partial charge in [-0.3, -0.25) is 4.68 Å². The third-order valence-corrected chi connectivity index (χ3v) is 3.84. The van der Waals surface area contributed by atoms with Crippen LogP contribution in [0.5, 0.6) is 0 Å². The minimum Gasteiger partial charge on any atom is -0.493 e. The van der Waals surface area contributed by atoms with Gasteiger partial charge in [-0.1, -0.05) is 13.0 Å². The maximum atomic E-state index is 5.80. The molecule has 0 aliphatic rings. The maximum Gasteiger partial charge on any atom is 0.137 e. The molecule has 3 rings (SSSR count). The van der Waals surface area contributed by atoms with E-state index in [1.165, 1.54) is 5.57 Å². The number of hydrogen-bond donors (Lipinski definition) is 0. The van der Waals surface area contributed by atoms with E-state index in [2.05, 4.69) is 23.9 Å². The summed E-state index contributed by atoms with van der Waals surface area (Å²) in [5, 5.41) is 4.45. The van der Waals surface area contributed by atoms with Crippen LogP contribution in [-0.2, 0) is 11.3 Å². The summed E-state index contributed by atoms with van der Waals surface area (Å²) in [7, 11) is 0. The van der Waals surface area contributed by atoms with Crippen LogP contribution < -0.4 is 0 Å². The van der Waals surface area contributed by atoms with Crippen molar-refractivity contribution in [3.05, 3.63) is 59.8 Å². The first-order chi connectivity index (χ1) is 11.2. The Balaban J connectivity index is 1.83. The molecular weight excluding hydrogens is 288 g/mol. The van der Waals surface area contributed by atoms with Gasteiger partial charge in [0, 0.05) is 18.6 Å². The smallest absolute Gasteiger partial charge is 0.137 e. The molecule has 5 nitrogen and oxygen atoms in total. The van der Waals surface area contributed by atoms with Gasteiger partial charge in [0.15, 0.2) is 0 Å². The molecule has 0 N–H and O–H groups in total. The first-order valence-corrected chi connectivity index (χ1v) is 7.99. The number of pyridine rings is 1. The van der Waals surface area contributed by atoms with Crippen molar-refractivity contribution in [2.45, 2.75) is 33.7 Å². The Labute approximate surface area is 136 Å². The molecule has 0 atom stereocenters. The van der Waals surface area contributed by atoms with Gasteiger partial charge in [-0.25, -0.2) is 4.98 Å². The predicted molar refractivity (Wildman–Crippen MR) is 91.0 cm³/mol. The summed E-state index contributed by atoms with van der Waals surface area (Å²) >= 11 is 0. The molecule has 3 aromatic rings. The number of hydrogen-bond acceptors (Lipinski definition) is 3. The number of allylic oxidation sites excluding steroid dienone is 1. The second-order valence-corrected chi connectivity index (χ2v) is 5.52. The SMILES string of the molecule is CCO/C(=C(/C)CC)c1cnn(Cc2cn3ccccc3n2)c1. The van der Waals surface area contributed by atoms with Crippen molar-refractivity contribution in [2.75, 3.05) is 6.61 Å². The summed E-state index contributed by atoms with van der Waals surface area (Å²) in [6, 6.07) is 5.99. The van der Waals surface area contributed by atoms with Gasteiger partial charge in [0.2, 0.25) is 0 Å². The van der Waals surface area contributed by atoms with Crippen molar-refractivity contribution >= 4 is 11.4 Å². The van der Waals surface area contributed by atoms with Crippen molar-refractivity contribution in [1.29, 1.82) is 0 Å². The lowest BCUT2D eigenvalue weighted by Gasteiger charge is -2.10. The normalized spacial score (nSPS) is 12.5. The molecule has 0 fully saturated rings. The highest BCUT2D eigenvalue weighted by Crippen LogP contribution is 2.21. The van der Waals surface area contributed by atoms with Crippen LogP contribution in [0.4, 0.5) is 0 Å². The lowest BCUT2D eigenvalue weighted by molar-refractivity contribution is 0.295. The van der Waals surface area contributed by atoms with Crippen molar-refractivity contribution < 1.29 is 4.74 Å². The van der Waals surface area contributed by atoms with Gasteiger partial charge in [-0.05, 0) is 38.0 Å². The molecule has 0 spiro atoms. The number of rotatable bonds is 6. The zero-order chi connectivity index (χ0) is 16.2. The number of fused-ring (bicyclic) bond motifs is 1. The lowest BCUT2D eigenvalue weighted by atomic mass is 10.1. The van der Waals surface area contributed by atoms with Crippen LogP contribution in [0.2, 0.25) is 0 Å². The molecule has 5 heteroatoms. The Kier molecular flexibility index (Phi) is 4.46. The number of nitrogens with zero attached hydrogens (tertiary/aromatic N) is 4. The van der Waals surface area contributed by atoms with Crippen molar-refractivity contribution in [1.82, 2.24) is 19.2 Å². The van der Waals surface area contributed by atoms with Crippen molar-refractivity contribution in [2.24, 2.45) is 0 Å². The Bertz CT molecular complexity index is 795. The highest BCUT2D eigenvalue weighted by atomic mass is 16.5. The maximum absolute atomic E-state index is 5.80. The largest absolute Gasteiger partial charge is 0.493 e. The van der Waals surface area contributed by atoms with Gasteiger partial charge in [0.05, 0.1) is 30.6 Å². The monoisotopic (exact) mass is 310 g/mol. The Hall–Kier alpha value is -2.56. The molecule has 0 amide bonds. The topological polar surface area (TPSA) is 44.4 Å². The van der Waals surface area contributed by atoms with E-state index in [0.29, 0.717) is 13.2 Å². The molecule has 0 saturated carbocycles. The summed E-state index contributed by atoms with van der Waals surface area (Å²) in [4.78, 5) is 4.61. The number of aromatic nitrogens is 4. The molecule has 0 unspecified atom stereocenters. The molecule has 0 radical (unpaired) electrons. The molecule has 0 aliphatic heterocycles. The minimum atomic E-state index is 0.645. The van der Waals surface area contributed by atoms with Crippen LogP contribution >= 0.6 is 0 Å². The summed E-state index contributed by atoms with van der Waals surface area (Å²) < 4.78 is 9.72. The molecule has 0 aliphatic carbocycles. The second-order valence-electron chi connectivity index (χ2n) is 5.52. The third-order valence-electron chi connectivity index (χ3n) is 3.84. The quantitative estimate of drug-likeness (QED) is 0.651. The van der Waals surface area contributed by atoms with Crippen LogP contribution in [-0.4, -0.2) is 25.8 Å². The zero-order valence-corrected chi connectivity index (χ0v) is 13.9. The molecule has 0 bridgehead atoms. The van der Waals surface area contributed by atoms with Crippen molar-refractivity contribution in [3.8, 4) is 0 Å². The summed E-state index contributed by atoms with van der Waals surface area (Å²) in [6.07, 6.45) is 8.88. The van der Waals surface area contributed by atoms with Gasteiger partial charge in [-0.15, -0.1) is 0 Å². The van der Waals surface area contributed by atoms with Crippen LogP contribution in [0, 0.1) is 0 Å². The molecule has 0 aromatic carbocycles. The van der Waals surface area contributed by atoms with E-state index in [1.54, 1.807) is 0 Å². The molecule has 23 heavy (non-hydrogen) atoms. The van der Waals surface area contributed by atoms with E-state index in [1.807, 2.05) is 59.0 Å². The molecule has 120 valence electrons. The van der Waals surface area contributed by atoms with Crippen LogP contribution in [0.1, 0.15) is 38.4 Å². The fourth-order valence-corrected chi connectivity index (χ4v) is 2.55. The first kappa shape index (κ1) is 15.3. The standard InChI is InChI=1S/C18H22N4O/c1-4-14(3)18(23-5-2)15-10-19-22(11-15)13-16-12-21-9-7-6-8-17(21)20-16/h6-12H,4-5,13H2,1-3H3/b18-14-. The van der Waals surface area contributed by atoms with Crippen LogP contribution in [0.15, 0.2) is 48.6 Å². The Morgan fingerprint density at radius 3 is 2.83 bits per heavy atom. The van der Waals surface area contributed by atoms with Gasteiger partial charge in [-0.2, -0.15) is 5.10 Å². The average molecular weight is 310 g/mol. The van der Waals surface area contributed by atoms with Gasteiger partial charge >= 0.3 is 0 Å². The van der Waals surface area contributed by atoms with E-state index >= 15 is 0 Å². The summed E-state index contributed by atoms with van der Waals surface area (Å²) in [5.74, 6) is 0.941. The second kappa shape index (κ2) is 6.69. The molecule has 0 saturated heterocycles. The van der Waals surface area contributed by atoms with Crippen molar-refractivity contribution in [3.63, 3.8) is 0 Å². The third kappa shape index (κ3) is 3.28. The van der Waals surface area contributed by atoms with Gasteiger partial charge in [0.1, 0.15) is 11.4 Å². The average Bonchev–Trinajstić information content (AvgIpc) is 3.18. The van der Waals surface area contributed by atoms with Crippen LogP contribution in [0.3, 0.4) is 0 Å². The van der Waals surface area contributed by atoms with E-state index < -0.39 is 0 Å². The summed E-state index contributed by atoms with van der Waals surface area (Å²) in [5.41, 5.74) is 4.20. The van der Waals surface area contributed by atoms with E-state index in [0.717, 1.165) is 29.1 Å². The highest BCUT2D eigenvalue weighted by Gasteiger charge is 2.10. The lowest BCUT2D eigenvalue weighted by Crippen LogP contribution is -2.00. The highest BCUT2D eigenvalue weighted by molar-refractivity contribution is 5.61. The molecule has 3 heterocycles. The zero-order valence-electron chi connectivity index (χ0n) is 13.9. The molecule has 3 aromatic heterocycles. The van der Waals surface area contributed by atoms with Gasteiger partial charge in [0.25, 0.3) is 0 Å². The fraction of sp³-hybridized carbons (Fsp3) is 0.333. The molecular formula is C18H22N4O. The predicted octanol–water partition coefficient (Wildman–Crippen LogP) is 3.76. The minimum absolute atomic E-state index is 0.645. The first-order valence-electron chi connectivity index (χ1n) is 7.99. The summed E-state index contributed by atoms with van der Waals surface area (Å²) in [6.45, 7) is 7.54. The Morgan fingerprint density at radius 1 is 1.22 bits per heavy atom. The van der Waals surface area contributed by atoms with E-state index in [4.69, 9.17) is 4.74 Å². The van der Waals surface area contributed by atoms with E-state index in [9.17, 15) is 0 Å². The van der Waals surface area contributed by atoms with Gasteiger partial charge < -0.3 is 9.14 Å². The number of imidazole rings is 1. The van der Waals surface area contributed by atoms with E-state index in [-0.39, 0.29) is 0 Å².